The van der Waals surface area contributed by atoms with E-state index in [2.05, 4.69) is 106 Å². The van der Waals surface area contributed by atoms with Crippen molar-refractivity contribution < 1.29 is 28.6 Å². The van der Waals surface area contributed by atoms with Crippen LogP contribution in [0.3, 0.4) is 0 Å². The molecule has 0 fully saturated rings. The SMILES string of the molecule is CC/C=C\C/C=C\C/C=C\C/C=C\C/C=C\CCCCCC(=O)OCC(COC(=O)CCCCCCCCCCCCCC)OC(=O)CCCCCCC/C=C\C/C=C\CCCC. The van der Waals surface area contributed by atoms with Crippen molar-refractivity contribution >= 4 is 17.9 Å². The van der Waals surface area contributed by atoms with Gasteiger partial charge in [0.1, 0.15) is 13.2 Å². The quantitative estimate of drug-likeness (QED) is 0.0262. The lowest BCUT2D eigenvalue weighted by molar-refractivity contribution is -0.167. The number of carbonyl (C=O) groups excluding carboxylic acids is 3. The minimum atomic E-state index is -0.795. The monoisotopic (exact) mass is 877 g/mol. The van der Waals surface area contributed by atoms with Crippen molar-refractivity contribution in [1.29, 1.82) is 0 Å². The summed E-state index contributed by atoms with van der Waals surface area (Å²) in [5, 5.41) is 0. The summed E-state index contributed by atoms with van der Waals surface area (Å²) in [6.07, 6.45) is 65.6. The molecule has 1 unspecified atom stereocenters. The van der Waals surface area contributed by atoms with Gasteiger partial charge in [-0.25, -0.2) is 0 Å². The van der Waals surface area contributed by atoms with Crippen molar-refractivity contribution in [1.82, 2.24) is 0 Å². The molecule has 0 heterocycles. The Bertz CT molecular complexity index is 1240. The molecule has 63 heavy (non-hydrogen) atoms. The minimum absolute atomic E-state index is 0.0919. The lowest BCUT2D eigenvalue weighted by Gasteiger charge is -2.18. The molecule has 0 aromatic heterocycles. The Balaban J connectivity index is 4.45. The maximum Gasteiger partial charge on any atom is 0.306 e. The van der Waals surface area contributed by atoms with Crippen LogP contribution in [0.5, 0.6) is 0 Å². The molecule has 0 radical (unpaired) electrons. The third kappa shape index (κ3) is 49.5. The van der Waals surface area contributed by atoms with Crippen molar-refractivity contribution in [2.75, 3.05) is 13.2 Å². The second kappa shape index (κ2) is 51.2. The highest BCUT2D eigenvalue weighted by Crippen LogP contribution is 2.14. The zero-order chi connectivity index (χ0) is 45.8. The fourth-order valence-electron chi connectivity index (χ4n) is 6.95. The Morgan fingerprint density at radius 2 is 0.635 bits per heavy atom. The molecular formula is C57H96O6. The number of carbonyl (C=O) groups is 3. The maximum atomic E-state index is 12.8. The minimum Gasteiger partial charge on any atom is -0.462 e. The molecule has 0 rings (SSSR count). The normalized spacial score (nSPS) is 12.7. The van der Waals surface area contributed by atoms with Crippen molar-refractivity contribution in [3.63, 3.8) is 0 Å². The highest BCUT2D eigenvalue weighted by Gasteiger charge is 2.19. The van der Waals surface area contributed by atoms with Gasteiger partial charge in [0.15, 0.2) is 6.10 Å². The van der Waals surface area contributed by atoms with E-state index >= 15 is 0 Å². The highest BCUT2D eigenvalue weighted by molar-refractivity contribution is 5.71. The fraction of sp³-hybridized carbons (Fsp3) is 0.702. The zero-order valence-corrected chi connectivity index (χ0v) is 41.1. The summed E-state index contributed by atoms with van der Waals surface area (Å²) in [5.41, 5.74) is 0. The van der Waals surface area contributed by atoms with E-state index in [4.69, 9.17) is 14.2 Å². The molecule has 0 amide bonds. The van der Waals surface area contributed by atoms with Gasteiger partial charge >= 0.3 is 17.9 Å². The fourth-order valence-corrected chi connectivity index (χ4v) is 6.95. The van der Waals surface area contributed by atoms with Crippen molar-refractivity contribution in [3.05, 3.63) is 85.1 Å². The average molecular weight is 877 g/mol. The summed E-state index contributed by atoms with van der Waals surface area (Å²) in [4.78, 5) is 38.0. The Hall–Kier alpha value is -3.41. The smallest absolute Gasteiger partial charge is 0.306 e. The van der Waals surface area contributed by atoms with E-state index in [1.807, 2.05) is 0 Å². The molecule has 0 bridgehead atoms. The molecule has 0 aromatic rings. The largest absolute Gasteiger partial charge is 0.462 e. The van der Waals surface area contributed by atoms with Crippen LogP contribution in [0, 0.1) is 0 Å². The van der Waals surface area contributed by atoms with Crippen LogP contribution in [0.25, 0.3) is 0 Å². The van der Waals surface area contributed by atoms with E-state index in [1.54, 1.807) is 0 Å². The van der Waals surface area contributed by atoms with Gasteiger partial charge in [0.25, 0.3) is 0 Å². The molecule has 6 nitrogen and oxygen atoms in total. The Labute approximate surface area is 388 Å². The Kier molecular flexibility index (Phi) is 48.5. The summed E-state index contributed by atoms with van der Waals surface area (Å²) in [6.45, 7) is 6.44. The molecule has 0 spiro atoms. The van der Waals surface area contributed by atoms with E-state index in [9.17, 15) is 14.4 Å². The van der Waals surface area contributed by atoms with E-state index in [1.165, 1.54) is 77.0 Å². The molecule has 0 aliphatic heterocycles. The van der Waals surface area contributed by atoms with E-state index < -0.39 is 6.10 Å². The van der Waals surface area contributed by atoms with Crippen LogP contribution >= 0.6 is 0 Å². The van der Waals surface area contributed by atoms with Gasteiger partial charge in [0, 0.05) is 19.3 Å². The van der Waals surface area contributed by atoms with E-state index in [0.29, 0.717) is 19.3 Å². The van der Waals surface area contributed by atoms with Gasteiger partial charge in [-0.3, -0.25) is 14.4 Å². The number of ether oxygens (including phenoxy) is 3. The van der Waals surface area contributed by atoms with Crippen LogP contribution in [0.2, 0.25) is 0 Å². The first kappa shape index (κ1) is 59.6. The van der Waals surface area contributed by atoms with Crippen molar-refractivity contribution in [2.45, 2.75) is 245 Å². The van der Waals surface area contributed by atoms with Crippen LogP contribution in [-0.4, -0.2) is 37.2 Å². The standard InChI is InChI=1S/C57H96O6/c1-4-7-10-13-16-19-22-25-27-28-29-30-31-33-35-38-41-44-47-50-56(59)62-53-54(52-61-55(58)49-46-43-40-37-34-24-21-18-15-12-9-6-3)63-57(60)51-48-45-42-39-36-32-26-23-20-17-14-11-8-5-2/h7,10,14,16-17,19,23,25-27,29-30,33,35,54H,4-6,8-9,11-13,15,18,20-22,24,28,31-32,34,36-53H2,1-3H3/b10-7-,17-14-,19-16-,26-23-,27-25-,30-29-,35-33-. The number of hydrogen-bond donors (Lipinski definition) is 0. The summed E-state index contributed by atoms with van der Waals surface area (Å²) < 4.78 is 16.8. The van der Waals surface area contributed by atoms with Gasteiger partial charge in [-0.05, 0) is 89.9 Å². The molecule has 360 valence electrons. The van der Waals surface area contributed by atoms with E-state index in [0.717, 1.165) is 122 Å². The van der Waals surface area contributed by atoms with Gasteiger partial charge in [0.05, 0.1) is 0 Å². The summed E-state index contributed by atoms with van der Waals surface area (Å²) in [6, 6.07) is 0. The number of esters is 3. The second-order valence-corrected chi connectivity index (χ2v) is 17.1. The van der Waals surface area contributed by atoms with Gasteiger partial charge in [-0.15, -0.1) is 0 Å². The first-order valence-electron chi connectivity index (χ1n) is 26.1. The summed E-state index contributed by atoms with van der Waals surface area (Å²) >= 11 is 0. The first-order valence-corrected chi connectivity index (χ1v) is 26.1. The van der Waals surface area contributed by atoms with Crippen LogP contribution < -0.4 is 0 Å². The van der Waals surface area contributed by atoms with Crippen LogP contribution in [0.15, 0.2) is 85.1 Å². The molecule has 0 saturated heterocycles. The summed E-state index contributed by atoms with van der Waals surface area (Å²) in [5.74, 6) is -0.940. The molecule has 0 aliphatic carbocycles. The molecule has 0 saturated carbocycles. The van der Waals surface area contributed by atoms with Gasteiger partial charge in [-0.1, -0.05) is 215 Å². The molecule has 0 aromatic carbocycles. The van der Waals surface area contributed by atoms with Gasteiger partial charge in [-0.2, -0.15) is 0 Å². The molecule has 0 aliphatic rings. The van der Waals surface area contributed by atoms with Crippen molar-refractivity contribution in [3.8, 4) is 0 Å². The predicted molar refractivity (Wildman–Crippen MR) is 270 cm³/mol. The number of unbranched alkanes of at least 4 members (excludes halogenated alkanes) is 21. The average Bonchev–Trinajstić information content (AvgIpc) is 3.28. The van der Waals surface area contributed by atoms with E-state index in [-0.39, 0.29) is 31.1 Å². The number of hydrogen-bond acceptors (Lipinski definition) is 6. The molecule has 1 atom stereocenters. The highest BCUT2D eigenvalue weighted by atomic mass is 16.6. The van der Waals surface area contributed by atoms with Crippen LogP contribution in [0.4, 0.5) is 0 Å². The van der Waals surface area contributed by atoms with Crippen molar-refractivity contribution in [2.24, 2.45) is 0 Å². The van der Waals surface area contributed by atoms with Crippen LogP contribution in [0.1, 0.15) is 239 Å². The van der Waals surface area contributed by atoms with Gasteiger partial charge < -0.3 is 14.2 Å². The van der Waals surface area contributed by atoms with Crippen LogP contribution in [-0.2, 0) is 28.6 Å². The molecular weight excluding hydrogens is 781 g/mol. The van der Waals surface area contributed by atoms with Gasteiger partial charge in [0.2, 0.25) is 0 Å². The molecule has 0 N–H and O–H groups in total. The Morgan fingerprint density at radius 1 is 0.333 bits per heavy atom. The lowest BCUT2D eigenvalue weighted by Crippen LogP contribution is -2.30. The Morgan fingerprint density at radius 3 is 1.03 bits per heavy atom. The summed E-state index contributed by atoms with van der Waals surface area (Å²) in [7, 11) is 0. The first-order chi connectivity index (χ1) is 31.0. The number of rotatable bonds is 46. The number of allylic oxidation sites excluding steroid dienone is 14. The predicted octanol–water partition coefficient (Wildman–Crippen LogP) is 17.2. The third-order valence-electron chi connectivity index (χ3n) is 10.9. The topological polar surface area (TPSA) is 78.9 Å². The zero-order valence-electron chi connectivity index (χ0n) is 41.1. The third-order valence-corrected chi connectivity index (χ3v) is 10.9. The molecule has 6 heteroatoms. The second-order valence-electron chi connectivity index (χ2n) is 17.1. The maximum absolute atomic E-state index is 12.8. The lowest BCUT2D eigenvalue weighted by atomic mass is 10.0.